The monoisotopic (exact) mass is 351 g/mol. The van der Waals surface area contributed by atoms with Gasteiger partial charge in [0.25, 0.3) is 0 Å². The summed E-state index contributed by atoms with van der Waals surface area (Å²) in [5.41, 5.74) is 5.33. The number of nitrogen functional groups attached to an aromatic ring is 1. The van der Waals surface area contributed by atoms with Gasteiger partial charge in [-0.2, -0.15) is 0 Å². The summed E-state index contributed by atoms with van der Waals surface area (Å²) in [4.78, 5) is 8.44. The molecule has 0 saturated carbocycles. The number of nitrogens with two attached hydrogens (primary N) is 1. The molecule has 136 valence electrons. The van der Waals surface area contributed by atoms with Crippen molar-refractivity contribution in [2.75, 3.05) is 19.5 Å². The van der Waals surface area contributed by atoms with E-state index in [1.165, 1.54) is 24.8 Å². The molecule has 4 atom stereocenters. The number of hydrogen-bond donors (Lipinski definition) is 5. The Hall–Kier alpha value is -2.27. The Labute approximate surface area is 143 Å². The van der Waals surface area contributed by atoms with Crippen molar-refractivity contribution >= 4 is 22.7 Å². The van der Waals surface area contributed by atoms with E-state index >= 15 is 0 Å². The second-order valence-electron chi connectivity index (χ2n) is 6.25. The molecule has 1 aliphatic rings. The molecule has 6 N–H and O–H groups in total. The van der Waals surface area contributed by atoms with E-state index in [9.17, 15) is 15.3 Å². The average Bonchev–Trinajstić information content (AvgIpc) is 3.06. The second kappa shape index (κ2) is 5.92. The topological polar surface area (TPSA) is 160 Å². The lowest BCUT2D eigenvalue weighted by atomic mass is 9.99. The number of ether oxygens (including phenoxy) is 2. The van der Waals surface area contributed by atoms with Crippen LogP contribution in [0.1, 0.15) is 24.5 Å². The number of anilines is 1. The van der Waals surface area contributed by atoms with Crippen LogP contribution >= 0.6 is 0 Å². The van der Waals surface area contributed by atoms with Crippen molar-refractivity contribution in [2.45, 2.75) is 37.9 Å². The minimum Gasteiger partial charge on any atom is -0.481 e. The third-order valence-electron chi connectivity index (χ3n) is 4.48. The van der Waals surface area contributed by atoms with Gasteiger partial charge in [-0.05, 0) is 13.8 Å². The minimum absolute atomic E-state index is 0.152. The van der Waals surface area contributed by atoms with E-state index < -0.39 is 30.6 Å². The van der Waals surface area contributed by atoms with Crippen LogP contribution in [0.3, 0.4) is 0 Å². The van der Waals surface area contributed by atoms with Crippen LogP contribution in [-0.4, -0.2) is 67.3 Å². The first-order chi connectivity index (χ1) is 11.7. The Kier molecular flexibility index (Phi) is 4.15. The van der Waals surface area contributed by atoms with Gasteiger partial charge in [-0.3, -0.25) is 5.41 Å². The smallest absolute Gasteiger partial charge is 0.215 e. The van der Waals surface area contributed by atoms with E-state index in [2.05, 4.69) is 9.97 Å². The molecule has 1 aliphatic heterocycles. The fourth-order valence-corrected chi connectivity index (χ4v) is 3.05. The molecule has 1 fully saturated rings. The largest absolute Gasteiger partial charge is 0.481 e. The quantitative estimate of drug-likeness (QED) is 0.358. The van der Waals surface area contributed by atoms with Gasteiger partial charge >= 0.3 is 0 Å². The van der Waals surface area contributed by atoms with E-state index in [1.54, 1.807) is 6.92 Å². The lowest BCUT2D eigenvalue weighted by Crippen LogP contribution is -2.43. The summed E-state index contributed by atoms with van der Waals surface area (Å²) in [6.45, 7) is 2.68. The van der Waals surface area contributed by atoms with Crippen LogP contribution in [0.4, 0.5) is 5.82 Å². The van der Waals surface area contributed by atoms with Gasteiger partial charge in [-0.15, -0.1) is 0 Å². The summed E-state index contributed by atoms with van der Waals surface area (Å²) in [7, 11) is 1.35. The average molecular weight is 351 g/mol. The van der Waals surface area contributed by atoms with Crippen LogP contribution in [0.15, 0.2) is 6.20 Å². The van der Waals surface area contributed by atoms with Crippen LogP contribution in [0.2, 0.25) is 0 Å². The molecule has 3 heterocycles. The summed E-state index contributed by atoms with van der Waals surface area (Å²) in [6, 6.07) is 0. The molecular formula is C15H21N5O5. The third-order valence-corrected chi connectivity index (χ3v) is 4.48. The molecule has 0 bridgehead atoms. The number of methoxy groups -OCH3 is 1. The highest BCUT2D eigenvalue weighted by Gasteiger charge is 2.52. The number of aliphatic hydroxyl groups excluding tert-OH is 3. The second-order valence-corrected chi connectivity index (χ2v) is 6.25. The van der Waals surface area contributed by atoms with Gasteiger partial charge in [-0.25, -0.2) is 9.97 Å². The number of nitrogens with one attached hydrogen (secondary N) is 1. The lowest BCUT2D eigenvalue weighted by molar-refractivity contribution is -0.115. The molecule has 10 heteroatoms. The van der Waals surface area contributed by atoms with Crippen molar-refractivity contribution in [2.24, 2.45) is 0 Å². The standard InChI is InChI=1S/C15H21N5O5/c1-6-18-11(16)8-7(12(17)24-3)4-20(13(8)19-6)14-9(22)10(23)15(2,5-21)25-14/h4,9-10,14,17,21-23H,5H2,1-3H3,(H2,16,18,19)/t9-,10+,14-,15-/m1/s1. The molecule has 10 nitrogen and oxygen atoms in total. The fourth-order valence-electron chi connectivity index (χ4n) is 3.05. The van der Waals surface area contributed by atoms with Crippen molar-refractivity contribution in [1.82, 2.24) is 14.5 Å². The molecule has 2 aromatic rings. The summed E-state index contributed by atoms with van der Waals surface area (Å²) in [6.07, 6.45) is -2.13. The van der Waals surface area contributed by atoms with E-state index in [0.29, 0.717) is 22.4 Å². The maximum atomic E-state index is 10.4. The summed E-state index contributed by atoms with van der Waals surface area (Å²) >= 11 is 0. The Balaban J connectivity index is 2.22. The van der Waals surface area contributed by atoms with Gasteiger partial charge in [0, 0.05) is 6.20 Å². The Morgan fingerprint density at radius 2 is 2.16 bits per heavy atom. The molecule has 1 saturated heterocycles. The lowest BCUT2D eigenvalue weighted by Gasteiger charge is -2.24. The molecule has 0 aromatic carbocycles. The highest BCUT2D eigenvalue weighted by Crippen LogP contribution is 2.39. The minimum atomic E-state index is -1.33. The summed E-state index contributed by atoms with van der Waals surface area (Å²) in [5, 5.41) is 38.5. The maximum absolute atomic E-state index is 10.4. The molecule has 0 spiro atoms. The highest BCUT2D eigenvalue weighted by molar-refractivity contribution is 6.08. The predicted molar refractivity (Wildman–Crippen MR) is 88.1 cm³/mol. The number of aliphatic hydroxyl groups is 3. The van der Waals surface area contributed by atoms with Gasteiger partial charge < -0.3 is 35.1 Å². The number of hydrogen-bond acceptors (Lipinski definition) is 9. The maximum Gasteiger partial charge on any atom is 0.215 e. The normalized spacial score (nSPS) is 29.3. The zero-order valence-corrected chi connectivity index (χ0v) is 14.1. The van der Waals surface area contributed by atoms with Gasteiger partial charge in [0.2, 0.25) is 5.90 Å². The van der Waals surface area contributed by atoms with E-state index in [4.69, 9.17) is 20.6 Å². The number of aromatic nitrogens is 3. The number of nitrogens with zero attached hydrogens (tertiary/aromatic N) is 3. The van der Waals surface area contributed by atoms with Crippen LogP contribution in [0.25, 0.3) is 11.0 Å². The molecule has 0 radical (unpaired) electrons. The summed E-state index contributed by atoms with van der Waals surface area (Å²) < 4.78 is 12.2. The van der Waals surface area contributed by atoms with Crippen LogP contribution in [-0.2, 0) is 9.47 Å². The van der Waals surface area contributed by atoms with Crippen molar-refractivity contribution in [1.29, 1.82) is 5.41 Å². The summed E-state index contributed by atoms with van der Waals surface area (Å²) in [5.74, 6) is 0.412. The first-order valence-electron chi connectivity index (χ1n) is 7.66. The SMILES string of the molecule is COC(=N)c1cn([C@@H]2O[C@](C)(CO)[C@@H](O)[C@H]2O)c2nc(C)nc(N)c12. The van der Waals surface area contributed by atoms with Crippen molar-refractivity contribution in [3.05, 3.63) is 17.6 Å². The predicted octanol–water partition coefficient (Wildman–Crippen LogP) is -0.705. The number of fused-ring (bicyclic) bond motifs is 1. The van der Waals surface area contributed by atoms with Crippen molar-refractivity contribution in [3.63, 3.8) is 0 Å². The molecule has 0 aliphatic carbocycles. The van der Waals surface area contributed by atoms with E-state index in [0.717, 1.165) is 0 Å². The Morgan fingerprint density at radius 1 is 1.48 bits per heavy atom. The van der Waals surface area contributed by atoms with Crippen molar-refractivity contribution < 1.29 is 24.8 Å². The zero-order valence-electron chi connectivity index (χ0n) is 14.1. The highest BCUT2D eigenvalue weighted by atomic mass is 16.6. The third kappa shape index (κ3) is 2.54. The van der Waals surface area contributed by atoms with Gasteiger partial charge in [0.05, 0.1) is 24.7 Å². The zero-order chi connectivity index (χ0) is 18.5. The van der Waals surface area contributed by atoms with Gasteiger partial charge in [-0.1, -0.05) is 0 Å². The van der Waals surface area contributed by atoms with Gasteiger partial charge in [0.15, 0.2) is 6.23 Å². The number of aryl methyl sites for hydroxylation is 1. The Bertz CT molecular complexity index is 837. The molecule has 0 amide bonds. The van der Waals surface area contributed by atoms with Crippen LogP contribution < -0.4 is 5.73 Å². The van der Waals surface area contributed by atoms with Crippen LogP contribution in [0, 0.1) is 12.3 Å². The first kappa shape index (κ1) is 17.5. The molecule has 3 rings (SSSR count). The molecule has 0 unspecified atom stereocenters. The molecule has 25 heavy (non-hydrogen) atoms. The Morgan fingerprint density at radius 3 is 2.72 bits per heavy atom. The number of rotatable bonds is 3. The van der Waals surface area contributed by atoms with E-state index in [1.807, 2.05) is 0 Å². The van der Waals surface area contributed by atoms with Crippen LogP contribution in [0.5, 0.6) is 0 Å². The fraction of sp³-hybridized carbons (Fsp3) is 0.533. The molecule has 2 aromatic heterocycles. The first-order valence-corrected chi connectivity index (χ1v) is 7.66. The van der Waals surface area contributed by atoms with Gasteiger partial charge in [0.1, 0.15) is 35.1 Å². The van der Waals surface area contributed by atoms with E-state index in [-0.39, 0.29) is 11.7 Å². The van der Waals surface area contributed by atoms with Crippen molar-refractivity contribution in [3.8, 4) is 0 Å². The molecular weight excluding hydrogens is 330 g/mol.